The van der Waals surface area contributed by atoms with Gasteiger partial charge in [-0.2, -0.15) is 0 Å². The van der Waals surface area contributed by atoms with Gasteiger partial charge in [-0.1, -0.05) is 62.2 Å². The van der Waals surface area contributed by atoms with Crippen LogP contribution in [0.3, 0.4) is 0 Å². The molecule has 2 aromatic carbocycles. The minimum Gasteiger partial charge on any atom is -0.478 e. The molecule has 27 heavy (non-hydrogen) atoms. The molecule has 0 amide bonds. The van der Waals surface area contributed by atoms with Gasteiger partial charge < -0.3 is 5.11 Å². The van der Waals surface area contributed by atoms with Crippen molar-refractivity contribution in [1.82, 2.24) is 0 Å². The third-order valence-corrected chi connectivity index (χ3v) is 5.87. The third-order valence-electron chi connectivity index (χ3n) is 5.87. The molecule has 0 atom stereocenters. The van der Waals surface area contributed by atoms with Gasteiger partial charge in [-0.15, -0.1) is 0 Å². The van der Waals surface area contributed by atoms with E-state index >= 15 is 0 Å². The Bertz CT molecular complexity index is 794. The fourth-order valence-corrected chi connectivity index (χ4v) is 4.41. The molecule has 0 aliphatic heterocycles. The zero-order chi connectivity index (χ0) is 19.2. The van der Waals surface area contributed by atoms with Gasteiger partial charge in [0, 0.05) is 0 Å². The largest absolute Gasteiger partial charge is 0.478 e. The molecule has 1 aliphatic rings. The van der Waals surface area contributed by atoms with Crippen molar-refractivity contribution in [3.8, 4) is 11.1 Å². The van der Waals surface area contributed by atoms with Crippen molar-refractivity contribution in [2.24, 2.45) is 5.92 Å². The summed E-state index contributed by atoms with van der Waals surface area (Å²) in [6, 6.07) is 14.1. The summed E-state index contributed by atoms with van der Waals surface area (Å²) in [6.07, 6.45) is 11.9. The lowest BCUT2D eigenvalue weighted by molar-refractivity contribution is 0.0697. The van der Waals surface area contributed by atoms with Gasteiger partial charge in [-0.3, -0.25) is 0 Å². The number of aromatic carboxylic acids is 1. The van der Waals surface area contributed by atoms with E-state index in [2.05, 4.69) is 31.2 Å². The zero-order valence-electron chi connectivity index (χ0n) is 16.4. The van der Waals surface area contributed by atoms with Crippen molar-refractivity contribution in [3.63, 3.8) is 0 Å². The second kappa shape index (κ2) is 9.03. The van der Waals surface area contributed by atoms with E-state index in [9.17, 15) is 9.90 Å². The standard InChI is InChI=1S/C25H30O2/c1-3-5-18-7-10-20(11-8-18)21-12-14-22(15-13-21)24-17-19(6-4-2)9-16-23(24)25(26)27/h4,6,9,12-18,20H,3,5,7-8,10-11H2,1-2H3,(H,26,27). The maximum atomic E-state index is 11.6. The Morgan fingerprint density at radius 2 is 1.78 bits per heavy atom. The molecule has 0 heterocycles. The van der Waals surface area contributed by atoms with Gasteiger partial charge in [0.1, 0.15) is 0 Å². The molecule has 2 aromatic rings. The quantitative estimate of drug-likeness (QED) is 0.592. The van der Waals surface area contributed by atoms with Gasteiger partial charge >= 0.3 is 5.97 Å². The molecule has 0 unspecified atom stereocenters. The van der Waals surface area contributed by atoms with Crippen LogP contribution in [0.4, 0.5) is 0 Å². The summed E-state index contributed by atoms with van der Waals surface area (Å²) in [4.78, 5) is 11.6. The monoisotopic (exact) mass is 362 g/mol. The zero-order valence-corrected chi connectivity index (χ0v) is 16.4. The van der Waals surface area contributed by atoms with Crippen LogP contribution in [0.15, 0.2) is 48.5 Å². The van der Waals surface area contributed by atoms with Gasteiger partial charge in [0.05, 0.1) is 5.56 Å². The van der Waals surface area contributed by atoms with E-state index in [4.69, 9.17) is 0 Å². The SMILES string of the molecule is CC=Cc1ccc(C(=O)O)c(-c2ccc(C3CCC(CCC)CC3)cc2)c1. The molecule has 1 fully saturated rings. The van der Waals surface area contributed by atoms with Crippen LogP contribution in [0.2, 0.25) is 0 Å². The van der Waals surface area contributed by atoms with Gasteiger partial charge in [0.15, 0.2) is 0 Å². The number of benzene rings is 2. The van der Waals surface area contributed by atoms with Crippen molar-refractivity contribution in [2.75, 3.05) is 0 Å². The van der Waals surface area contributed by atoms with Gasteiger partial charge in [0.2, 0.25) is 0 Å². The predicted molar refractivity (Wildman–Crippen MR) is 113 cm³/mol. The highest BCUT2D eigenvalue weighted by molar-refractivity contribution is 5.96. The van der Waals surface area contributed by atoms with Crippen molar-refractivity contribution >= 4 is 12.0 Å². The molecule has 0 radical (unpaired) electrons. The van der Waals surface area contributed by atoms with Crippen molar-refractivity contribution < 1.29 is 9.90 Å². The Morgan fingerprint density at radius 3 is 2.37 bits per heavy atom. The fourth-order valence-electron chi connectivity index (χ4n) is 4.41. The van der Waals surface area contributed by atoms with Crippen molar-refractivity contribution in [1.29, 1.82) is 0 Å². The van der Waals surface area contributed by atoms with Crippen LogP contribution >= 0.6 is 0 Å². The molecule has 1 saturated carbocycles. The summed E-state index contributed by atoms with van der Waals surface area (Å²) in [5.74, 6) is 0.689. The van der Waals surface area contributed by atoms with E-state index in [-0.39, 0.29) is 0 Å². The number of hydrogen-bond donors (Lipinski definition) is 1. The average molecular weight is 363 g/mol. The first-order valence-corrected chi connectivity index (χ1v) is 10.2. The minimum absolute atomic E-state index is 0.357. The van der Waals surface area contributed by atoms with Crippen LogP contribution in [0.5, 0.6) is 0 Å². The molecule has 3 rings (SSSR count). The van der Waals surface area contributed by atoms with Crippen LogP contribution in [-0.4, -0.2) is 11.1 Å². The summed E-state index contributed by atoms with van der Waals surface area (Å²) < 4.78 is 0. The van der Waals surface area contributed by atoms with Crippen LogP contribution in [-0.2, 0) is 0 Å². The van der Waals surface area contributed by atoms with Crippen LogP contribution in [0.25, 0.3) is 17.2 Å². The van der Waals surface area contributed by atoms with Gasteiger partial charge in [-0.25, -0.2) is 4.79 Å². The first-order chi connectivity index (χ1) is 13.1. The summed E-state index contributed by atoms with van der Waals surface area (Å²) in [5, 5.41) is 9.56. The van der Waals surface area contributed by atoms with Crippen LogP contribution in [0, 0.1) is 5.92 Å². The summed E-state index contributed by atoms with van der Waals surface area (Å²) >= 11 is 0. The molecule has 0 spiro atoms. The lowest BCUT2D eigenvalue weighted by Crippen LogP contribution is -2.13. The van der Waals surface area contributed by atoms with Gasteiger partial charge in [0.25, 0.3) is 0 Å². The minimum atomic E-state index is -0.879. The van der Waals surface area contributed by atoms with Crippen LogP contribution < -0.4 is 0 Å². The van der Waals surface area contributed by atoms with Crippen molar-refractivity contribution in [3.05, 3.63) is 65.2 Å². The molecular formula is C25H30O2. The van der Waals surface area contributed by atoms with E-state index in [1.807, 2.05) is 31.2 Å². The maximum absolute atomic E-state index is 11.6. The predicted octanol–water partition coefficient (Wildman–Crippen LogP) is 7.16. The first kappa shape index (κ1) is 19.4. The number of rotatable bonds is 6. The lowest BCUT2D eigenvalue weighted by Gasteiger charge is -2.28. The number of hydrogen-bond acceptors (Lipinski definition) is 1. The van der Waals surface area contributed by atoms with Crippen molar-refractivity contribution in [2.45, 2.75) is 58.3 Å². The lowest BCUT2D eigenvalue weighted by atomic mass is 9.77. The topological polar surface area (TPSA) is 37.3 Å². The smallest absolute Gasteiger partial charge is 0.336 e. The Hall–Kier alpha value is -2.35. The highest BCUT2D eigenvalue weighted by atomic mass is 16.4. The number of allylic oxidation sites excluding steroid dienone is 1. The Balaban J connectivity index is 1.81. The molecule has 1 aliphatic carbocycles. The molecule has 1 N–H and O–H groups in total. The maximum Gasteiger partial charge on any atom is 0.336 e. The summed E-state index contributed by atoms with van der Waals surface area (Å²) in [6.45, 7) is 4.25. The third kappa shape index (κ3) is 4.68. The Labute approximate surface area is 162 Å². The van der Waals surface area contributed by atoms with Gasteiger partial charge in [-0.05, 0) is 78.8 Å². The second-order valence-electron chi connectivity index (χ2n) is 7.74. The van der Waals surface area contributed by atoms with E-state index < -0.39 is 5.97 Å². The van der Waals surface area contributed by atoms with E-state index in [1.54, 1.807) is 6.07 Å². The van der Waals surface area contributed by atoms with E-state index in [0.29, 0.717) is 11.5 Å². The molecule has 2 heteroatoms. The average Bonchev–Trinajstić information content (AvgIpc) is 2.69. The summed E-state index contributed by atoms with van der Waals surface area (Å²) in [7, 11) is 0. The molecular weight excluding hydrogens is 332 g/mol. The molecule has 0 aromatic heterocycles. The molecule has 0 saturated heterocycles. The fraction of sp³-hybridized carbons (Fsp3) is 0.400. The molecule has 142 valence electrons. The summed E-state index contributed by atoms with van der Waals surface area (Å²) in [5.41, 5.74) is 4.54. The number of carbonyl (C=O) groups is 1. The van der Waals surface area contributed by atoms with E-state index in [1.165, 1.54) is 44.1 Å². The van der Waals surface area contributed by atoms with Crippen LogP contribution in [0.1, 0.15) is 79.8 Å². The Morgan fingerprint density at radius 1 is 1.07 bits per heavy atom. The first-order valence-electron chi connectivity index (χ1n) is 10.2. The van der Waals surface area contributed by atoms with E-state index in [0.717, 1.165) is 22.6 Å². The number of carboxylic acid groups (broad SMARTS) is 1. The molecule has 2 nitrogen and oxygen atoms in total. The molecule has 0 bridgehead atoms. The second-order valence-corrected chi connectivity index (χ2v) is 7.74. The Kier molecular flexibility index (Phi) is 6.49. The number of carboxylic acids is 1. The highest BCUT2D eigenvalue weighted by Gasteiger charge is 2.22. The normalized spacial score (nSPS) is 20.1. The highest BCUT2D eigenvalue weighted by Crippen LogP contribution is 2.38.